The van der Waals surface area contributed by atoms with Crippen LogP contribution in [0.4, 0.5) is 0 Å². The van der Waals surface area contributed by atoms with Gasteiger partial charge in [-0.1, -0.05) is 12.8 Å². The molecule has 1 spiro atoms. The minimum atomic E-state index is 0.0945. The van der Waals surface area contributed by atoms with Crippen molar-refractivity contribution in [3.05, 3.63) is 0 Å². The van der Waals surface area contributed by atoms with Crippen LogP contribution in [0, 0.1) is 0 Å². The molecule has 17 heavy (non-hydrogen) atoms. The Morgan fingerprint density at radius 1 is 1.35 bits per heavy atom. The number of hydrogen-bond donors (Lipinski definition) is 2. The van der Waals surface area contributed by atoms with Gasteiger partial charge in [0.15, 0.2) is 0 Å². The molecule has 98 valence electrons. The van der Waals surface area contributed by atoms with Crippen LogP contribution in [0.2, 0.25) is 0 Å². The minimum absolute atomic E-state index is 0.0945. The zero-order valence-corrected chi connectivity index (χ0v) is 10.8. The number of hydrogen-bond acceptors (Lipinski definition) is 3. The van der Waals surface area contributed by atoms with E-state index in [1.165, 1.54) is 38.5 Å². The van der Waals surface area contributed by atoms with Gasteiger partial charge in [0, 0.05) is 26.6 Å². The standard InChI is InChI=1S/C13H24N2O2/c1-14-12(16)5-9-15-10-11-4-8-13(17-11)6-2-3-7-13/h11,15H,2-10H2,1H3,(H,14,16). The van der Waals surface area contributed by atoms with Gasteiger partial charge in [-0.25, -0.2) is 0 Å². The van der Waals surface area contributed by atoms with Crippen molar-refractivity contribution in [3.8, 4) is 0 Å². The van der Waals surface area contributed by atoms with Gasteiger partial charge >= 0.3 is 0 Å². The third-order valence-corrected chi connectivity index (χ3v) is 4.03. The molecule has 2 aliphatic rings. The van der Waals surface area contributed by atoms with Crippen molar-refractivity contribution in [2.45, 2.75) is 56.7 Å². The van der Waals surface area contributed by atoms with Crippen LogP contribution in [0.3, 0.4) is 0 Å². The van der Waals surface area contributed by atoms with Crippen LogP contribution in [-0.2, 0) is 9.53 Å². The Labute approximate surface area is 103 Å². The van der Waals surface area contributed by atoms with E-state index in [0.29, 0.717) is 12.5 Å². The zero-order valence-electron chi connectivity index (χ0n) is 10.8. The highest BCUT2D eigenvalue weighted by molar-refractivity contribution is 5.75. The molecule has 1 aliphatic carbocycles. The number of nitrogens with one attached hydrogen (secondary N) is 2. The number of amides is 1. The summed E-state index contributed by atoms with van der Waals surface area (Å²) in [5, 5.41) is 5.94. The maximum atomic E-state index is 11.0. The largest absolute Gasteiger partial charge is 0.370 e. The lowest BCUT2D eigenvalue weighted by Crippen LogP contribution is -2.33. The molecule has 2 N–H and O–H groups in total. The topological polar surface area (TPSA) is 50.4 Å². The Bertz CT molecular complexity index is 262. The maximum Gasteiger partial charge on any atom is 0.221 e. The Morgan fingerprint density at radius 2 is 2.12 bits per heavy atom. The van der Waals surface area contributed by atoms with Crippen LogP contribution in [0.25, 0.3) is 0 Å². The van der Waals surface area contributed by atoms with Crippen molar-refractivity contribution in [1.82, 2.24) is 10.6 Å². The first-order valence-electron chi connectivity index (χ1n) is 6.83. The number of carbonyl (C=O) groups excluding carboxylic acids is 1. The Balaban J connectivity index is 1.60. The second kappa shape index (κ2) is 5.83. The maximum absolute atomic E-state index is 11.0. The van der Waals surface area contributed by atoms with Crippen molar-refractivity contribution < 1.29 is 9.53 Å². The number of ether oxygens (including phenoxy) is 1. The SMILES string of the molecule is CNC(=O)CCNCC1CCC2(CCCC2)O1. The van der Waals surface area contributed by atoms with E-state index in [0.717, 1.165) is 13.1 Å². The highest BCUT2D eigenvalue weighted by Gasteiger charge is 2.41. The highest BCUT2D eigenvalue weighted by atomic mass is 16.5. The van der Waals surface area contributed by atoms with E-state index in [4.69, 9.17) is 4.74 Å². The molecule has 1 saturated heterocycles. The minimum Gasteiger partial charge on any atom is -0.370 e. The van der Waals surface area contributed by atoms with Crippen LogP contribution >= 0.6 is 0 Å². The molecule has 1 amide bonds. The summed E-state index contributed by atoms with van der Waals surface area (Å²) in [6, 6.07) is 0. The van der Waals surface area contributed by atoms with Gasteiger partial charge in [-0.05, 0) is 25.7 Å². The molecular weight excluding hydrogens is 216 g/mol. The average molecular weight is 240 g/mol. The summed E-state index contributed by atoms with van der Waals surface area (Å²) in [5.74, 6) is 0.0945. The van der Waals surface area contributed by atoms with Crippen molar-refractivity contribution in [2.75, 3.05) is 20.1 Å². The zero-order chi connectivity index (χ0) is 12.1. The van der Waals surface area contributed by atoms with E-state index in [1.807, 2.05) is 0 Å². The van der Waals surface area contributed by atoms with Gasteiger partial charge in [0.25, 0.3) is 0 Å². The molecule has 4 nitrogen and oxygen atoms in total. The molecule has 1 saturated carbocycles. The second-order valence-corrected chi connectivity index (χ2v) is 5.30. The molecule has 0 aromatic carbocycles. The summed E-state index contributed by atoms with van der Waals surface area (Å²) in [4.78, 5) is 11.0. The van der Waals surface area contributed by atoms with E-state index in [1.54, 1.807) is 7.05 Å². The van der Waals surface area contributed by atoms with Crippen LogP contribution in [0.1, 0.15) is 44.9 Å². The van der Waals surface area contributed by atoms with E-state index in [2.05, 4.69) is 10.6 Å². The summed E-state index contributed by atoms with van der Waals surface area (Å²) < 4.78 is 6.18. The normalized spacial score (nSPS) is 26.5. The van der Waals surface area contributed by atoms with E-state index in [-0.39, 0.29) is 11.5 Å². The summed E-state index contributed by atoms with van der Waals surface area (Å²) in [6.07, 6.45) is 8.48. The highest BCUT2D eigenvalue weighted by Crippen LogP contribution is 2.43. The quantitative estimate of drug-likeness (QED) is 0.710. The number of carbonyl (C=O) groups is 1. The Morgan fingerprint density at radius 3 is 2.82 bits per heavy atom. The molecule has 1 aliphatic heterocycles. The van der Waals surface area contributed by atoms with Gasteiger partial charge in [-0.15, -0.1) is 0 Å². The molecule has 0 aromatic rings. The molecule has 0 aromatic heterocycles. The van der Waals surface area contributed by atoms with Crippen LogP contribution in [0.15, 0.2) is 0 Å². The monoisotopic (exact) mass is 240 g/mol. The van der Waals surface area contributed by atoms with E-state index in [9.17, 15) is 4.79 Å². The van der Waals surface area contributed by atoms with Crippen LogP contribution < -0.4 is 10.6 Å². The molecule has 1 unspecified atom stereocenters. The van der Waals surface area contributed by atoms with Gasteiger partial charge < -0.3 is 15.4 Å². The first-order chi connectivity index (χ1) is 8.24. The molecule has 0 bridgehead atoms. The smallest absolute Gasteiger partial charge is 0.221 e. The Kier molecular flexibility index (Phi) is 4.40. The predicted molar refractivity (Wildman–Crippen MR) is 66.9 cm³/mol. The van der Waals surface area contributed by atoms with Gasteiger partial charge in [0.05, 0.1) is 11.7 Å². The van der Waals surface area contributed by atoms with Crippen molar-refractivity contribution in [3.63, 3.8) is 0 Å². The second-order valence-electron chi connectivity index (χ2n) is 5.30. The molecule has 2 rings (SSSR count). The molecule has 0 radical (unpaired) electrons. The van der Waals surface area contributed by atoms with Gasteiger partial charge in [-0.3, -0.25) is 4.79 Å². The third kappa shape index (κ3) is 3.42. The first-order valence-corrected chi connectivity index (χ1v) is 6.83. The van der Waals surface area contributed by atoms with Gasteiger partial charge in [0.2, 0.25) is 5.91 Å². The molecule has 1 atom stereocenters. The summed E-state index contributed by atoms with van der Waals surface area (Å²) in [6.45, 7) is 1.63. The van der Waals surface area contributed by atoms with Crippen molar-refractivity contribution in [1.29, 1.82) is 0 Å². The van der Waals surface area contributed by atoms with E-state index >= 15 is 0 Å². The molecule has 4 heteroatoms. The van der Waals surface area contributed by atoms with Crippen LogP contribution in [0.5, 0.6) is 0 Å². The Hall–Kier alpha value is -0.610. The molecule has 2 fully saturated rings. The predicted octanol–water partition coefficient (Wildman–Crippen LogP) is 1.20. The fraction of sp³-hybridized carbons (Fsp3) is 0.923. The first kappa shape index (κ1) is 12.8. The lowest BCUT2D eigenvalue weighted by molar-refractivity contribution is -0.120. The summed E-state index contributed by atoms with van der Waals surface area (Å²) in [5.41, 5.74) is 0.229. The fourth-order valence-electron chi connectivity index (χ4n) is 3.02. The summed E-state index contributed by atoms with van der Waals surface area (Å²) >= 11 is 0. The van der Waals surface area contributed by atoms with Crippen molar-refractivity contribution in [2.24, 2.45) is 0 Å². The number of rotatable bonds is 5. The lowest BCUT2D eigenvalue weighted by atomic mass is 9.98. The molecule has 1 heterocycles. The van der Waals surface area contributed by atoms with Crippen molar-refractivity contribution >= 4 is 5.91 Å². The lowest BCUT2D eigenvalue weighted by Gasteiger charge is -2.23. The summed E-state index contributed by atoms with van der Waals surface area (Å²) in [7, 11) is 1.67. The fourth-order valence-corrected chi connectivity index (χ4v) is 3.02. The van der Waals surface area contributed by atoms with Gasteiger partial charge in [0.1, 0.15) is 0 Å². The molecular formula is C13H24N2O2. The third-order valence-electron chi connectivity index (χ3n) is 4.03. The average Bonchev–Trinajstić information content (AvgIpc) is 2.96. The van der Waals surface area contributed by atoms with Crippen LogP contribution in [-0.4, -0.2) is 37.7 Å². The van der Waals surface area contributed by atoms with E-state index < -0.39 is 0 Å². The van der Waals surface area contributed by atoms with Gasteiger partial charge in [-0.2, -0.15) is 0 Å².